The monoisotopic (exact) mass is 491 g/mol. The Labute approximate surface area is 205 Å². The minimum atomic E-state index is -0.455. The number of hydrogen-bond donors (Lipinski definition) is 0. The number of fused-ring (bicyclic) bond motifs is 1. The summed E-state index contributed by atoms with van der Waals surface area (Å²) in [5.74, 6) is 1.92. The van der Waals surface area contributed by atoms with Gasteiger partial charge in [0.05, 0.1) is 21.6 Å². The van der Waals surface area contributed by atoms with Gasteiger partial charge < -0.3 is 4.42 Å². The zero-order valence-corrected chi connectivity index (χ0v) is 20.3. The van der Waals surface area contributed by atoms with Crippen molar-refractivity contribution in [2.75, 3.05) is 0 Å². The predicted octanol–water partition coefficient (Wildman–Crippen LogP) is 5.64. The van der Waals surface area contributed by atoms with E-state index in [9.17, 15) is 14.9 Å². The molecular formula is C25H25N5O4S. The summed E-state index contributed by atoms with van der Waals surface area (Å²) in [5.41, 5.74) is 1.26. The van der Waals surface area contributed by atoms with Crippen LogP contribution in [0.2, 0.25) is 0 Å². The number of nitrogens with zero attached hydrogens (tertiary/aromatic N) is 5. The highest BCUT2D eigenvalue weighted by atomic mass is 32.2. The van der Waals surface area contributed by atoms with Crippen molar-refractivity contribution in [2.24, 2.45) is 11.8 Å². The van der Waals surface area contributed by atoms with Gasteiger partial charge in [-0.1, -0.05) is 50.6 Å². The van der Waals surface area contributed by atoms with Crippen molar-refractivity contribution in [2.45, 2.75) is 50.1 Å². The number of nitro benzene ring substituents is 1. The second-order valence-corrected chi connectivity index (χ2v) is 9.96. The first-order chi connectivity index (χ1) is 16.9. The number of aromatic nitrogens is 4. The third-order valence-electron chi connectivity index (χ3n) is 6.89. The van der Waals surface area contributed by atoms with Gasteiger partial charge >= 0.3 is 0 Å². The van der Waals surface area contributed by atoms with Crippen LogP contribution < -0.4 is 5.56 Å². The van der Waals surface area contributed by atoms with E-state index in [-0.39, 0.29) is 23.2 Å². The molecule has 2 heterocycles. The van der Waals surface area contributed by atoms with Crippen LogP contribution in [0.25, 0.3) is 22.4 Å². The molecule has 3 unspecified atom stereocenters. The van der Waals surface area contributed by atoms with Gasteiger partial charge in [0.1, 0.15) is 0 Å². The molecule has 0 radical (unpaired) electrons. The minimum absolute atomic E-state index is 0.00402. The number of thioether (sulfide) groups is 1. The lowest BCUT2D eigenvalue weighted by molar-refractivity contribution is -0.384. The molecule has 0 saturated heterocycles. The second kappa shape index (κ2) is 9.61. The number of non-ortho nitro benzene ring substituents is 1. The van der Waals surface area contributed by atoms with Crippen LogP contribution in [-0.4, -0.2) is 24.7 Å². The van der Waals surface area contributed by atoms with Crippen molar-refractivity contribution in [3.63, 3.8) is 0 Å². The van der Waals surface area contributed by atoms with Gasteiger partial charge in [-0.15, -0.1) is 10.2 Å². The predicted molar refractivity (Wildman–Crippen MR) is 133 cm³/mol. The molecule has 1 aliphatic rings. The first-order valence-electron chi connectivity index (χ1n) is 11.6. The van der Waals surface area contributed by atoms with Crippen molar-refractivity contribution >= 4 is 28.4 Å². The highest BCUT2D eigenvalue weighted by molar-refractivity contribution is 7.98. The summed E-state index contributed by atoms with van der Waals surface area (Å²) in [6.07, 6.45) is 3.20. The van der Waals surface area contributed by atoms with Gasteiger partial charge in [0, 0.05) is 23.7 Å². The fourth-order valence-corrected chi connectivity index (χ4v) is 5.61. The van der Waals surface area contributed by atoms with E-state index in [1.807, 2.05) is 28.8 Å². The Balaban J connectivity index is 1.44. The molecule has 0 N–H and O–H groups in total. The lowest BCUT2D eigenvalue weighted by Gasteiger charge is -2.36. The van der Waals surface area contributed by atoms with Crippen LogP contribution in [0.15, 0.2) is 62.9 Å². The molecule has 5 rings (SSSR count). The number of hydrogen-bond acceptors (Lipinski definition) is 8. The Morgan fingerprint density at radius 2 is 1.89 bits per heavy atom. The van der Waals surface area contributed by atoms with Crippen LogP contribution in [0.5, 0.6) is 0 Å². The molecule has 4 aromatic rings. The summed E-state index contributed by atoms with van der Waals surface area (Å²) in [6, 6.07) is 13.5. The van der Waals surface area contributed by atoms with E-state index in [0.29, 0.717) is 45.1 Å². The zero-order chi connectivity index (χ0) is 24.5. The summed E-state index contributed by atoms with van der Waals surface area (Å²) in [4.78, 5) is 28.9. The maximum absolute atomic E-state index is 13.6. The highest BCUT2D eigenvalue weighted by Crippen LogP contribution is 2.39. The van der Waals surface area contributed by atoms with Gasteiger partial charge in [0.25, 0.3) is 11.2 Å². The molecule has 1 fully saturated rings. The van der Waals surface area contributed by atoms with Gasteiger partial charge in [-0.3, -0.25) is 19.5 Å². The van der Waals surface area contributed by atoms with Crippen LogP contribution in [0.4, 0.5) is 5.69 Å². The minimum Gasteiger partial charge on any atom is -0.420 e. The van der Waals surface area contributed by atoms with Crippen molar-refractivity contribution < 1.29 is 9.34 Å². The van der Waals surface area contributed by atoms with Crippen molar-refractivity contribution in [1.29, 1.82) is 0 Å². The SMILES string of the molecule is CC1CCCC(n2c(SCc3nnc(-c4ccc([N+](=O)[O-])cc4)o3)nc3ccccc3c2=O)C1C. The van der Waals surface area contributed by atoms with E-state index in [4.69, 9.17) is 9.40 Å². The van der Waals surface area contributed by atoms with Crippen LogP contribution in [0.1, 0.15) is 45.0 Å². The molecule has 180 valence electrons. The Bertz CT molecular complexity index is 1430. The molecule has 2 aromatic heterocycles. The third-order valence-corrected chi connectivity index (χ3v) is 7.83. The van der Waals surface area contributed by atoms with Crippen molar-refractivity contribution in [3.8, 4) is 11.5 Å². The summed E-state index contributed by atoms with van der Waals surface area (Å²) in [7, 11) is 0. The fourth-order valence-electron chi connectivity index (χ4n) is 4.72. The van der Waals surface area contributed by atoms with Crippen LogP contribution in [-0.2, 0) is 5.75 Å². The summed E-state index contributed by atoms with van der Waals surface area (Å²) >= 11 is 1.41. The molecule has 2 aromatic carbocycles. The quantitative estimate of drug-likeness (QED) is 0.147. The van der Waals surface area contributed by atoms with Crippen LogP contribution in [0, 0.1) is 22.0 Å². The Morgan fingerprint density at radius 1 is 1.11 bits per heavy atom. The summed E-state index contributed by atoms with van der Waals surface area (Å²) in [5, 5.41) is 20.4. The molecule has 10 heteroatoms. The zero-order valence-electron chi connectivity index (χ0n) is 19.5. The van der Waals surface area contributed by atoms with Gasteiger partial charge in [0.2, 0.25) is 11.8 Å². The van der Waals surface area contributed by atoms with E-state index in [1.165, 1.54) is 30.3 Å². The Kier molecular flexibility index (Phi) is 6.38. The normalized spacial score (nSPS) is 20.2. The molecule has 1 saturated carbocycles. The average Bonchev–Trinajstić information content (AvgIpc) is 3.34. The average molecular weight is 492 g/mol. The standard InChI is InChI=1S/C25H25N5O4S/c1-15-6-5-9-21(16(15)2)29-24(31)19-7-3-4-8-20(19)26-25(29)35-14-22-27-28-23(34-22)17-10-12-18(13-11-17)30(32)33/h3-4,7-8,10-13,15-16,21H,5-6,9,14H2,1-2H3. The van der Waals surface area contributed by atoms with Gasteiger partial charge in [0.15, 0.2) is 5.16 Å². The van der Waals surface area contributed by atoms with Crippen molar-refractivity contribution in [1.82, 2.24) is 19.7 Å². The largest absolute Gasteiger partial charge is 0.420 e. The van der Waals surface area contributed by atoms with E-state index >= 15 is 0 Å². The molecule has 3 atom stereocenters. The summed E-state index contributed by atoms with van der Waals surface area (Å²) in [6.45, 7) is 4.47. The Morgan fingerprint density at radius 3 is 2.66 bits per heavy atom. The van der Waals surface area contributed by atoms with E-state index in [2.05, 4.69) is 24.0 Å². The number of benzene rings is 2. The van der Waals surface area contributed by atoms with Crippen molar-refractivity contribution in [3.05, 3.63) is 74.9 Å². The lowest BCUT2D eigenvalue weighted by atomic mass is 9.78. The smallest absolute Gasteiger partial charge is 0.269 e. The maximum Gasteiger partial charge on any atom is 0.269 e. The third kappa shape index (κ3) is 4.58. The number of para-hydroxylation sites is 1. The highest BCUT2D eigenvalue weighted by Gasteiger charge is 2.31. The first-order valence-corrected chi connectivity index (χ1v) is 12.6. The van der Waals surface area contributed by atoms with E-state index < -0.39 is 4.92 Å². The molecule has 0 amide bonds. The molecule has 1 aliphatic carbocycles. The van der Waals surface area contributed by atoms with Crippen LogP contribution >= 0.6 is 11.8 Å². The number of nitro groups is 1. The second-order valence-electron chi connectivity index (χ2n) is 9.01. The molecule has 35 heavy (non-hydrogen) atoms. The molecule has 0 spiro atoms. The van der Waals surface area contributed by atoms with Gasteiger partial charge in [-0.25, -0.2) is 4.98 Å². The molecular weight excluding hydrogens is 466 g/mol. The van der Waals surface area contributed by atoms with Crippen LogP contribution in [0.3, 0.4) is 0 Å². The van der Waals surface area contributed by atoms with E-state index in [0.717, 1.165) is 12.8 Å². The molecule has 0 aliphatic heterocycles. The Hall–Kier alpha value is -3.53. The topological polar surface area (TPSA) is 117 Å². The van der Waals surface area contributed by atoms with Gasteiger partial charge in [-0.2, -0.15) is 0 Å². The fraction of sp³-hybridized carbons (Fsp3) is 0.360. The number of rotatable bonds is 6. The molecule has 0 bridgehead atoms. The molecule has 9 nitrogen and oxygen atoms in total. The maximum atomic E-state index is 13.6. The van der Waals surface area contributed by atoms with Gasteiger partial charge in [-0.05, 0) is 42.5 Å². The summed E-state index contributed by atoms with van der Waals surface area (Å²) < 4.78 is 7.68. The lowest BCUT2D eigenvalue weighted by Crippen LogP contribution is -2.35. The first kappa shape index (κ1) is 23.2. The van der Waals surface area contributed by atoms with E-state index in [1.54, 1.807) is 12.1 Å².